The van der Waals surface area contributed by atoms with Gasteiger partial charge in [0.1, 0.15) is 0 Å². The number of hydrogen-bond donors (Lipinski definition) is 1. The molecule has 0 saturated carbocycles. The molecule has 8 heteroatoms. The van der Waals surface area contributed by atoms with Crippen LogP contribution in [0.2, 0.25) is 0 Å². The Balaban J connectivity index is 1.55. The van der Waals surface area contributed by atoms with Gasteiger partial charge >= 0.3 is 0 Å². The van der Waals surface area contributed by atoms with Crippen molar-refractivity contribution < 1.29 is 9.21 Å². The van der Waals surface area contributed by atoms with Gasteiger partial charge in [0.15, 0.2) is 0 Å². The highest BCUT2D eigenvalue weighted by molar-refractivity contribution is 7.13. The highest BCUT2D eigenvalue weighted by atomic mass is 32.1. The second-order valence-electron chi connectivity index (χ2n) is 8.06. The lowest BCUT2D eigenvalue weighted by molar-refractivity contribution is -0.123. The minimum atomic E-state index is -0.193. The Bertz CT molecular complexity index is 738. The first kappa shape index (κ1) is 20.0. The fourth-order valence-corrected chi connectivity index (χ4v) is 3.90. The average molecular weight is 392 g/mol. The van der Waals surface area contributed by atoms with E-state index in [9.17, 15) is 4.79 Å². The molecule has 0 radical (unpaired) electrons. The number of thiophene rings is 1. The standard InChI is InChI=1S/C19H29N5O2S/c1-14(17-21-22-18(26-17)15-7-5-12-27-15)24-9-6-8-23(10-11-24)13-16(25)20-19(2,3)4/h5,7,12,14H,6,8-11,13H2,1-4H3,(H,20,25)/t14-/m1/s1. The molecule has 7 nitrogen and oxygen atoms in total. The van der Waals surface area contributed by atoms with Crippen molar-refractivity contribution in [2.45, 2.75) is 45.7 Å². The van der Waals surface area contributed by atoms with E-state index in [1.54, 1.807) is 11.3 Å². The van der Waals surface area contributed by atoms with Crippen LogP contribution in [0.5, 0.6) is 0 Å². The lowest BCUT2D eigenvalue weighted by atomic mass is 10.1. The molecule has 1 fully saturated rings. The summed E-state index contributed by atoms with van der Waals surface area (Å²) in [6.45, 7) is 12.2. The maximum atomic E-state index is 12.2. The fraction of sp³-hybridized carbons (Fsp3) is 0.632. The van der Waals surface area contributed by atoms with E-state index < -0.39 is 0 Å². The molecule has 148 valence electrons. The van der Waals surface area contributed by atoms with Gasteiger partial charge in [0, 0.05) is 25.2 Å². The van der Waals surface area contributed by atoms with Crippen LogP contribution in [0.4, 0.5) is 0 Å². The van der Waals surface area contributed by atoms with Gasteiger partial charge in [0.25, 0.3) is 5.89 Å². The van der Waals surface area contributed by atoms with Gasteiger partial charge in [-0.3, -0.25) is 14.6 Å². The van der Waals surface area contributed by atoms with Gasteiger partial charge in [-0.15, -0.1) is 21.5 Å². The van der Waals surface area contributed by atoms with Crippen LogP contribution in [0.25, 0.3) is 10.8 Å². The van der Waals surface area contributed by atoms with E-state index in [0.29, 0.717) is 18.3 Å². The number of amides is 1. The van der Waals surface area contributed by atoms with Crippen molar-refractivity contribution in [1.82, 2.24) is 25.3 Å². The normalized spacial score (nSPS) is 18.2. The first-order valence-corrected chi connectivity index (χ1v) is 10.3. The van der Waals surface area contributed by atoms with Crippen LogP contribution in [0.1, 0.15) is 46.0 Å². The molecule has 0 unspecified atom stereocenters. The van der Waals surface area contributed by atoms with Crippen LogP contribution in [-0.2, 0) is 4.79 Å². The first-order valence-electron chi connectivity index (χ1n) is 9.46. The third-order valence-electron chi connectivity index (χ3n) is 4.58. The Morgan fingerprint density at radius 3 is 2.81 bits per heavy atom. The van der Waals surface area contributed by atoms with E-state index >= 15 is 0 Å². The molecule has 0 bridgehead atoms. The minimum Gasteiger partial charge on any atom is -0.418 e. The van der Waals surface area contributed by atoms with E-state index in [1.807, 2.05) is 38.3 Å². The van der Waals surface area contributed by atoms with Crippen LogP contribution < -0.4 is 5.32 Å². The van der Waals surface area contributed by atoms with Gasteiger partial charge in [-0.1, -0.05) is 6.07 Å². The predicted molar refractivity (Wildman–Crippen MR) is 107 cm³/mol. The van der Waals surface area contributed by atoms with Crippen molar-refractivity contribution in [3.05, 3.63) is 23.4 Å². The number of aromatic nitrogens is 2. The van der Waals surface area contributed by atoms with Gasteiger partial charge in [0.05, 0.1) is 17.5 Å². The van der Waals surface area contributed by atoms with Gasteiger partial charge in [-0.05, 0) is 52.1 Å². The molecule has 1 aliphatic rings. The molecule has 27 heavy (non-hydrogen) atoms. The summed E-state index contributed by atoms with van der Waals surface area (Å²) < 4.78 is 5.90. The van der Waals surface area contributed by atoms with Crippen molar-refractivity contribution >= 4 is 17.2 Å². The molecular formula is C19H29N5O2S. The number of nitrogens with one attached hydrogen (secondary N) is 1. The van der Waals surface area contributed by atoms with E-state index in [-0.39, 0.29) is 17.5 Å². The van der Waals surface area contributed by atoms with Crippen molar-refractivity contribution in [1.29, 1.82) is 0 Å². The summed E-state index contributed by atoms with van der Waals surface area (Å²) in [7, 11) is 0. The molecule has 1 aliphatic heterocycles. The summed E-state index contributed by atoms with van der Waals surface area (Å²) in [5, 5.41) is 13.5. The van der Waals surface area contributed by atoms with Crippen LogP contribution in [0, 0.1) is 0 Å². The number of nitrogens with zero attached hydrogens (tertiary/aromatic N) is 4. The van der Waals surface area contributed by atoms with Crippen molar-refractivity contribution in [2.75, 3.05) is 32.7 Å². The van der Waals surface area contributed by atoms with Crippen LogP contribution in [0.15, 0.2) is 21.9 Å². The average Bonchev–Trinajstić information content (AvgIpc) is 3.21. The van der Waals surface area contributed by atoms with Gasteiger partial charge in [0.2, 0.25) is 11.8 Å². The third kappa shape index (κ3) is 5.60. The number of rotatable bonds is 5. The fourth-order valence-electron chi connectivity index (χ4n) is 3.26. The summed E-state index contributed by atoms with van der Waals surface area (Å²) in [5.74, 6) is 1.32. The monoisotopic (exact) mass is 391 g/mol. The van der Waals surface area contributed by atoms with Crippen LogP contribution in [0.3, 0.4) is 0 Å². The summed E-state index contributed by atoms with van der Waals surface area (Å²) in [5.41, 5.74) is -0.193. The van der Waals surface area contributed by atoms with Crippen LogP contribution in [-0.4, -0.2) is 64.2 Å². The molecule has 3 rings (SSSR count). The molecule has 1 atom stereocenters. The largest absolute Gasteiger partial charge is 0.418 e. The number of carbonyl (C=O) groups excluding carboxylic acids is 1. The van der Waals surface area contributed by atoms with Gasteiger partial charge in [-0.2, -0.15) is 0 Å². The second-order valence-corrected chi connectivity index (χ2v) is 9.01. The lowest BCUT2D eigenvalue weighted by Crippen LogP contribution is -2.46. The van der Waals surface area contributed by atoms with Crippen molar-refractivity contribution in [3.8, 4) is 10.8 Å². The number of hydrogen-bond acceptors (Lipinski definition) is 7. The maximum Gasteiger partial charge on any atom is 0.257 e. The topological polar surface area (TPSA) is 74.5 Å². The van der Waals surface area contributed by atoms with Gasteiger partial charge < -0.3 is 9.73 Å². The Morgan fingerprint density at radius 2 is 2.11 bits per heavy atom. The predicted octanol–water partition coefficient (Wildman–Crippen LogP) is 2.78. The summed E-state index contributed by atoms with van der Waals surface area (Å²) in [6.07, 6.45) is 1.01. The Morgan fingerprint density at radius 1 is 1.30 bits per heavy atom. The Hall–Kier alpha value is -1.77. The zero-order chi connectivity index (χ0) is 19.4. The lowest BCUT2D eigenvalue weighted by Gasteiger charge is -2.26. The molecule has 1 N–H and O–H groups in total. The molecule has 1 amide bonds. The highest BCUT2D eigenvalue weighted by Gasteiger charge is 2.25. The molecule has 0 aliphatic carbocycles. The number of carbonyl (C=O) groups is 1. The van der Waals surface area contributed by atoms with Gasteiger partial charge in [-0.25, -0.2) is 0 Å². The zero-order valence-electron chi connectivity index (χ0n) is 16.6. The van der Waals surface area contributed by atoms with E-state index in [1.165, 1.54) is 0 Å². The highest BCUT2D eigenvalue weighted by Crippen LogP contribution is 2.27. The van der Waals surface area contributed by atoms with Crippen molar-refractivity contribution in [3.63, 3.8) is 0 Å². The molecule has 3 heterocycles. The molecule has 0 spiro atoms. The first-order chi connectivity index (χ1) is 12.8. The summed E-state index contributed by atoms with van der Waals surface area (Å²) >= 11 is 1.60. The smallest absolute Gasteiger partial charge is 0.257 e. The van der Waals surface area contributed by atoms with E-state index in [2.05, 4.69) is 32.2 Å². The summed E-state index contributed by atoms with van der Waals surface area (Å²) in [4.78, 5) is 17.8. The third-order valence-corrected chi connectivity index (χ3v) is 5.44. The van der Waals surface area contributed by atoms with Crippen LogP contribution >= 0.6 is 11.3 Å². The molecule has 0 aromatic carbocycles. The maximum absolute atomic E-state index is 12.2. The molecule has 2 aromatic rings. The quantitative estimate of drug-likeness (QED) is 0.845. The van der Waals surface area contributed by atoms with E-state index in [4.69, 9.17) is 4.42 Å². The second kappa shape index (κ2) is 8.50. The molecular weight excluding hydrogens is 362 g/mol. The zero-order valence-corrected chi connectivity index (χ0v) is 17.4. The summed E-state index contributed by atoms with van der Waals surface area (Å²) in [6, 6.07) is 4.03. The Labute approximate surface area is 164 Å². The van der Waals surface area contributed by atoms with Crippen molar-refractivity contribution in [2.24, 2.45) is 0 Å². The molecule has 1 saturated heterocycles. The SMILES string of the molecule is C[C@H](c1nnc(-c2cccs2)o1)N1CCCN(CC(=O)NC(C)(C)C)CC1. The Kier molecular flexibility index (Phi) is 6.29. The minimum absolute atomic E-state index is 0.0644. The molecule has 2 aromatic heterocycles. The van der Waals surface area contributed by atoms with E-state index in [0.717, 1.165) is 37.5 Å².